The number of fused-ring (bicyclic) bond motifs is 1. The zero-order valence-electron chi connectivity index (χ0n) is 32.1. The van der Waals surface area contributed by atoms with Gasteiger partial charge in [-0.25, -0.2) is 4.79 Å². The van der Waals surface area contributed by atoms with Gasteiger partial charge in [0.05, 0.1) is 12.2 Å². The first kappa shape index (κ1) is 39.9. The molecule has 10 heteroatoms. The Hall–Kier alpha value is -6.33. The molecule has 1 saturated heterocycles. The Bertz CT molecular complexity index is 2200. The summed E-state index contributed by atoms with van der Waals surface area (Å²) in [6.07, 6.45) is 3.81. The number of carbonyl (C=O) groups is 3. The van der Waals surface area contributed by atoms with Gasteiger partial charge in [-0.3, -0.25) is 9.59 Å². The third-order valence-electron chi connectivity index (χ3n) is 10.5. The summed E-state index contributed by atoms with van der Waals surface area (Å²) >= 11 is 0. The highest BCUT2D eigenvalue weighted by Crippen LogP contribution is 2.47. The van der Waals surface area contributed by atoms with Crippen molar-refractivity contribution in [3.63, 3.8) is 0 Å². The minimum absolute atomic E-state index is 0.00255. The highest BCUT2D eigenvalue weighted by Gasteiger charge is 2.55. The number of para-hydroxylation sites is 1. The summed E-state index contributed by atoms with van der Waals surface area (Å²) < 4.78 is 20.0. The molecule has 1 heterocycles. The third kappa shape index (κ3) is 8.95. The molecule has 1 fully saturated rings. The van der Waals surface area contributed by atoms with Crippen LogP contribution in [-0.2, 0) is 42.4 Å². The zero-order valence-corrected chi connectivity index (χ0v) is 32.1. The lowest BCUT2D eigenvalue weighted by Gasteiger charge is -2.33. The van der Waals surface area contributed by atoms with Gasteiger partial charge in [-0.1, -0.05) is 133 Å². The number of nitrogens with zero attached hydrogens (tertiary/aromatic N) is 1. The standard InChI is InChI=1S/C48H46N2O8/c1-50(40(45(53)49-28-29-51)30-34-14-5-2-6-15-34)46(54)37-31-42(56-47(55)36-26-24-33(25-27-36)16-13-18-35-17-11-12-23-41(35)52)44-43(32-37)57-48(58-44,38-19-7-3-8-20-38)39-21-9-4-10-22-39/h2-17,19-27,32,40,42-44,51-52H,18,28-31H2,1H3,(H,49,53). The van der Waals surface area contributed by atoms with Crippen LogP contribution in [0.2, 0.25) is 0 Å². The fourth-order valence-corrected chi connectivity index (χ4v) is 7.43. The molecule has 1 aliphatic carbocycles. The van der Waals surface area contributed by atoms with Crippen molar-refractivity contribution >= 4 is 23.9 Å². The van der Waals surface area contributed by atoms with Crippen LogP contribution < -0.4 is 5.32 Å². The van der Waals surface area contributed by atoms with E-state index in [4.69, 9.17) is 14.2 Å². The van der Waals surface area contributed by atoms with Gasteiger partial charge < -0.3 is 34.6 Å². The number of hydrogen-bond donors (Lipinski definition) is 3. The minimum atomic E-state index is -1.38. The molecule has 4 atom stereocenters. The van der Waals surface area contributed by atoms with Gasteiger partial charge in [0, 0.05) is 43.1 Å². The lowest BCUT2D eigenvalue weighted by Crippen LogP contribution is -2.51. The Labute approximate surface area is 338 Å². The largest absolute Gasteiger partial charge is 0.508 e. The van der Waals surface area contributed by atoms with Gasteiger partial charge >= 0.3 is 5.97 Å². The summed E-state index contributed by atoms with van der Waals surface area (Å²) in [6, 6.07) is 41.7. The van der Waals surface area contributed by atoms with Gasteiger partial charge in [0.25, 0.3) is 0 Å². The first-order chi connectivity index (χ1) is 28.3. The number of likely N-dealkylation sites (N-methyl/N-ethyl adjacent to an activating group) is 1. The predicted molar refractivity (Wildman–Crippen MR) is 219 cm³/mol. The number of allylic oxidation sites excluding steroid dienone is 1. The van der Waals surface area contributed by atoms with Crippen LogP contribution in [-0.4, -0.2) is 77.4 Å². The van der Waals surface area contributed by atoms with E-state index in [0.717, 1.165) is 27.8 Å². The van der Waals surface area contributed by atoms with Crippen molar-refractivity contribution in [3.05, 3.63) is 191 Å². The Morgan fingerprint density at radius 2 is 1.47 bits per heavy atom. The van der Waals surface area contributed by atoms with E-state index in [-0.39, 0.29) is 31.7 Å². The topological polar surface area (TPSA) is 135 Å². The summed E-state index contributed by atoms with van der Waals surface area (Å²) in [4.78, 5) is 43.3. The molecule has 0 saturated carbocycles. The Morgan fingerprint density at radius 1 is 0.845 bits per heavy atom. The van der Waals surface area contributed by atoms with Crippen molar-refractivity contribution in [2.75, 3.05) is 20.2 Å². The fourth-order valence-electron chi connectivity index (χ4n) is 7.43. The van der Waals surface area contributed by atoms with Crippen LogP contribution in [0.1, 0.15) is 44.6 Å². The molecule has 0 aromatic heterocycles. The van der Waals surface area contributed by atoms with E-state index < -0.39 is 47.9 Å². The maximum Gasteiger partial charge on any atom is 0.338 e. The van der Waals surface area contributed by atoms with Crippen molar-refractivity contribution in [1.29, 1.82) is 0 Å². The predicted octanol–water partition coefficient (Wildman–Crippen LogP) is 6.37. The molecule has 0 bridgehead atoms. The first-order valence-electron chi connectivity index (χ1n) is 19.4. The second-order valence-electron chi connectivity index (χ2n) is 14.3. The van der Waals surface area contributed by atoms with Crippen LogP contribution in [0.15, 0.2) is 157 Å². The normalized spacial score (nSPS) is 18.8. The average Bonchev–Trinajstić information content (AvgIpc) is 3.67. The molecule has 10 nitrogen and oxygen atoms in total. The van der Waals surface area contributed by atoms with Crippen LogP contribution in [0.5, 0.6) is 5.75 Å². The SMILES string of the molecule is CN(C(=O)C1=CC2OC(c3ccccc3)(c3ccccc3)OC2C(OC(=O)c2ccc(C=CCc3ccccc3O)cc2)C1)C(Cc1ccccc1)C(=O)NCCO. The number of benzene rings is 5. The number of aliphatic hydroxyl groups excluding tert-OH is 1. The third-order valence-corrected chi connectivity index (χ3v) is 10.5. The van der Waals surface area contributed by atoms with Gasteiger partial charge in [-0.2, -0.15) is 0 Å². The Kier molecular flexibility index (Phi) is 12.6. The van der Waals surface area contributed by atoms with Crippen LogP contribution in [0.25, 0.3) is 6.08 Å². The van der Waals surface area contributed by atoms with E-state index in [9.17, 15) is 24.6 Å². The smallest absolute Gasteiger partial charge is 0.338 e. The highest BCUT2D eigenvalue weighted by atomic mass is 16.8. The van der Waals surface area contributed by atoms with Crippen LogP contribution >= 0.6 is 0 Å². The van der Waals surface area contributed by atoms with E-state index in [1.807, 2.05) is 127 Å². The van der Waals surface area contributed by atoms with E-state index >= 15 is 0 Å². The number of aromatic hydroxyl groups is 1. The molecule has 1 aliphatic heterocycles. The van der Waals surface area contributed by atoms with Crippen LogP contribution in [0.3, 0.4) is 0 Å². The molecule has 58 heavy (non-hydrogen) atoms. The molecule has 4 unspecified atom stereocenters. The molecule has 5 aromatic rings. The van der Waals surface area contributed by atoms with Gasteiger partial charge in [0.2, 0.25) is 17.6 Å². The molecular formula is C48H46N2O8. The summed E-state index contributed by atoms with van der Waals surface area (Å²) in [5.74, 6) is -2.58. The number of esters is 1. The lowest BCUT2D eigenvalue weighted by atomic mass is 9.90. The van der Waals surface area contributed by atoms with Crippen LogP contribution in [0.4, 0.5) is 0 Å². The fraction of sp³-hybridized carbons (Fsp3) is 0.229. The summed E-state index contributed by atoms with van der Waals surface area (Å²) in [5, 5.41) is 22.2. The quantitative estimate of drug-likeness (QED) is 0.111. The number of phenolic OH excluding ortho intramolecular Hbond substituents is 1. The highest BCUT2D eigenvalue weighted by molar-refractivity contribution is 5.97. The Balaban J connectivity index is 1.18. The summed E-state index contributed by atoms with van der Waals surface area (Å²) in [7, 11) is 1.57. The maximum absolute atomic E-state index is 14.5. The van der Waals surface area contributed by atoms with Crippen molar-refractivity contribution in [2.24, 2.45) is 0 Å². The van der Waals surface area contributed by atoms with Crippen molar-refractivity contribution in [2.45, 2.75) is 49.4 Å². The minimum Gasteiger partial charge on any atom is -0.508 e. The maximum atomic E-state index is 14.5. The van der Waals surface area contributed by atoms with Gasteiger partial charge in [0.1, 0.15) is 30.1 Å². The lowest BCUT2D eigenvalue weighted by molar-refractivity contribution is -0.157. The second-order valence-corrected chi connectivity index (χ2v) is 14.3. The molecule has 5 aromatic carbocycles. The van der Waals surface area contributed by atoms with Gasteiger partial charge in [-0.05, 0) is 47.4 Å². The van der Waals surface area contributed by atoms with Crippen molar-refractivity contribution in [3.8, 4) is 5.75 Å². The first-order valence-corrected chi connectivity index (χ1v) is 19.4. The molecule has 0 spiro atoms. The number of nitrogens with one attached hydrogen (secondary N) is 1. The van der Waals surface area contributed by atoms with Crippen LogP contribution in [0, 0.1) is 0 Å². The van der Waals surface area contributed by atoms with Crippen molar-refractivity contribution in [1.82, 2.24) is 10.2 Å². The number of aliphatic hydroxyl groups is 1. The molecule has 2 aliphatic rings. The molecule has 7 rings (SSSR count). The van der Waals surface area contributed by atoms with E-state index in [1.165, 1.54) is 4.90 Å². The molecule has 0 radical (unpaired) electrons. The summed E-state index contributed by atoms with van der Waals surface area (Å²) in [6.45, 7) is -0.206. The van der Waals surface area contributed by atoms with E-state index in [0.29, 0.717) is 17.6 Å². The number of phenols is 1. The van der Waals surface area contributed by atoms with Gasteiger partial charge in [0.15, 0.2) is 0 Å². The number of rotatable bonds is 14. The molecular weight excluding hydrogens is 733 g/mol. The number of hydrogen-bond acceptors (Lipinski definition) is 8. The number of carbonyl (C=O) groups excluding carboxylic acids is 3. The number of amides is 2. The molecule has 3 N–H and O–H groups in total. The average molecular weight is 779 g/mol. The van der Waals surface area contributed by atoms with Crippen molar-refractivity contribution < 1.29 is 38.8 Å². The monoisotopic (exact) mass is 778 g/mol. The number of ether oxygens (including phenoxy) is 3. The zero-order chi connectivity index (χ0) is 40.5. The van der Waals surface area contributed by atoms with E-state index in [1.54, 1.807) is 37.4 Å². The van der Waals surface area contributed by atoms with Gasteiger partial charge in [-0.15, -0.1) is 0 Å². The Morgan fingerprint density at radius 3 is 2.10 bits per heavy atom. The second kappa shape index (κ2) is 18.3. The summed E-state index contributed by atoms with van der Waals surface area (Å²) in [5.41, 5.74) is 4.60. The van der Waals surface area contributed by atoms with E-state index in [2.05, 4.69) is 5.32 Å². The molecule has 2 amide bonds. The molecule has 296 valence electrons.